The first-order valence-corrected chi connectivity index (χ1v) is 4.29. The van der Waals surface area contributed by atoms with Gasteiger partial charge in [0, 0.05) is 0 Å². The van der Waals surface area contributed by atoms with Crippen molar-refractivity contribution in [1.29, 1.82) is 0 Å². The van der Waals surface area contributed by atoms with Gasteiger partial charge in [0.05, 0.1) is 6.10 Å². The summed E-state index contributed by atoms with van der Waals surface area (Å²) in [7, 11) is 0. The summed E-state index contributed by atoms with van der Waals surface area (Å²) in [6, 6.07) is 0. The van der Waals surface area contributed by atoms with Gasteiger partial charge >= 0.3 is 0 Å². The van der Waals surface area contributed by atoms with E-state index in [2.05, 4.69) is 15.9 Å². The third kappa shape index (κ3) is 1.73. The van der Waals surface area contributed by atoms with E-state index >= 15 is 0 Å². The van der Waals surface area contributed by atoms with Crippen LogP contribution in [0.1, 0.15) is 6.92 Å². The predicted octanol–water partition coefficient (Wildman–Crippen LogP) is -0.791. The summed E-state index contributed by atoms with van der Waals surface area (Å²) in [5, 5.41) is 26.9. The van der Waals surface area contributed by atoms with Crippen molar-refractivity contribution in [3.05, 3.63) is 0 Å². The molecule has 0 spiro atoms. The maximum atomic E-state index is 9.18. The number of aliphatic hydroxyl groups is 3. The van der Waals surface area contributed by atoms with Crippen LogP contribution in [0.25, 0.3) is 0 Å². The molecule has 0 aromatic heterocycles. The Bertz CT molecular complexity index is 129. The molecule has 3 N–H and O–H groups in total. The second-order valence-electron chi connectivity index (χ2n) is 2.66. The second kappa shape index (κ2) is 3.37. The van der Waals surface area contributed by atoms with Crippen LogP contribution in [-0.2, 0) is 4.74 Å². The Morgan fingerprint density at radius 2 is 1.64 bits per heavy atom. The Kier molecular flexibility index (Phi) is 2.88. The van der Waals surface area contributed by atoms with E-state index in [4.69, 9.17) is 9.84 Å². The Morgan fingerprint density at radius 3 is 2.18 bits per heavy atom. The smallest absolute Gasteiger partial charge is 0.141 e. The highest BCUT2D eigenvalue weighted by molar-refractivity contribution is 9.09. The van der Waals surface area contributed by atoms with Crippen molar-refractivity contribution >= 4 is 15.9 Å². The molecule has 1 saturated heterocycles. The zero-order valence-electron chi connectivity index (χ0n) is 6.01. The Hall–Kier alpha value is 0.320. The molecule has 5 atom stereocenters. The molecule has 1 fully saturated rings. The van der Waals surface area contributed by atoms with Gasteiger partial charge in [0.1, 0.15) is 23.3 Å². The number of rotatable bonds is 0. The average Bonchev–Trinajstić information content (AvgIpc) is 1.97. The van der Waals surface area contributed by atoms with E-state index in [9.17, 15) is 10.2 Å². The summed E-state index contributed by atoms with van der Waals surface area (Å²) < 4.78 is 5.04. The van der Waals surface area contributed by atoms with Crippen LogP contribution in [0.5, 0.6) is 0 Å². The Morgan fingerprint density at radius 1 is 1.09 bits per heavy atom. The zero-order valence-corrected chi connectivity index (χ0v) is 7.60. The summed E-state index contributed by atoms with van der Waals surface area (Å²) in [6.45, 7) is 1.63. The van der Waals surface area contributed by atoms with Gasteiger partial charge in [0.2, 0.25) is 0 Å². The molecule has 0 radical (unpaired) electrons. The number of aliphatic hydroxyl groups excluding tert-OH is 3. The lowest BCUT2D eigenvalue weighted by molar-refractivity contribution is -0.190. The molecule has 4 nitrogen and oxygen atoms in total. The van der Waals surface area contributed by atoms with Crippen molar-refractivity contribution in [2.75, 3.05) is 0 Å². The highest BCUT2D eigenvalue weighted by Crippen LogP contribution is 2.23. The molecule has 1 rings (SSSR count). The highest BCUT2D eigenvalue weighted by Gasteiger charge is 2.40. The standard InChI is InChI=1S/C6H11BrO4/c1-2-3(8)4(9)5(10)6(7)11-2/h2-6,8-10H,1H3/t2-,3-,4+,5+,6?/m1/s1. The maximum absolute atomic E-state index is 9.18. The fourth-order valence-electron chi connectivity index (χ4n) is 1.00. The third-order valence-corrected chi connectivity index (χ3v) is 2.55. The molecule has 0 aromatic carbocycles. The zero-order chi connectivity index (χ0) is 8.59. The van der Waals surface area contributed by atoms with E-state index < -0.39 is 29.4 Å². The molecule has 0 aromatic rings. The van der Waals surface area contributed by atoms with Crippen LogP contribution in [0.2, 0.25) is 0 Å². The largest absolute Gasteiger partial charge is 0.388 e. The van der Waals surface area contributed by atoms with Gasteiger partial charge < -0.3 is 20.1 Å². The summed E-state index contributed by atoms with van der Waals surface area (Å²) in [6.07, 6.45) is -3.68. The molecule has 0 bridgehead atoms. The van der Waals surface area contributed by atoms with E-state index in [1.165, 1.54) is 0 Å². The quantitative estimate of drug-likeness (QED) is 0.474. The lowest BCUT2D eigenvalue weighted by Crippen LogP contribution is -2.54. The molecular weight excluding hydrogens is 216 g/mol. The van der Waals surface area contributed by atoms with E-state index in [-0.39, 0.29) is 0 Å². The topological polar surface area (TPSA) is 69.9 Å². The van der Waals surface area contributed by atoms with Crippen molar-refractivity contribution in [3.63, 3.8) is 0 Å². The van der Waals surface area contributed by atoms with Crippen molar-refractivity contribution in [2.45, 2.75) is 36.4 Å². The lowest BCUT2D eigenvalue weighted by Gasteiger charge is -2.36. The number of halogens is 1. The monoisotopic (exact) mass is 226 g/mol. The van der Waals surface area contributed by atoms with Crippen LogP contribution in [0, 0.1) is 0 Å². The molecule has 5 heteroatoms. The van der Waals surface area contributed by atoms with Gasteiger partial charge in [0.15, 0.2) is 0 Å². The van der Waals surface area contributed by atoms with Gasteiger partial charge in [-0.15, -0.1) is 0 Å². The van der Waals surface area contributed by atoms with E-state index in [1.54, 1.807) is 6.92 Å². The lowest BCUT2D eigenvalue weighted by atomic mass is 10.0. The summed E-state index contributed by atoms with van der Waals surface area (Å²) in [4.78, 5) is 0. The molecule has 11 heavy (non-hydrogen) atoms. The van der Waals surface area contributed by atoms with Crippen LogP contribution < -0.4 is 0 Å². The van der Waals surface area contributed by atoms with Gasteiger partial charge in [0.25, 0.3) is 0 Å². The van der Waals surface area contributed by atoms with Crippen molar-refractivity contribution in [1.82, 2.24) is 0 Å². The summed E-state index contributed by atoms with van der Waals surface area (Å²) >= 11 is 3.02. The number of ether oxygens (including phenoxy) is 1. The van der Waals surface area contributed by atoms with Gasteiger partial charge in [-0.1, -0.05) is 15.9 Å². The minimum Gasteiger partial charge on any atom is -0.388 e. The minimum absolute atomic E-state index is 0.460. The van der Waals surface area contributed by atoms with Gasteiger partial charge in [-0.2, -0.15) is 0 Å². The molecule has 1 aliphatic heterocycles. The SMILES string of the molecule is C[C@H]1OC(Br)[C@@H](O)[C@@H](O)[C@@H]1O. The molecule has 66 valence electrons. The van der Waals surface area contributed by atoms with Crippen molar-refractivity contribution < 1.29 is 20.1 Å². The van der Waals surface area contributed by atoms with Crippen molar-refractivity contribution in [2.24, 2.45) is 0 Å². The van der Waals surface area contributed by atoms with E-state index in [1.807, 2.05) is 0 Å². The Balaban J connectivity index is 2.63. The average molecular weight is 227 g/mol. The second-order valence-corrected chi connectivity index (χ2v) is 3.57. The molecule has 1 aliphatic rings. The third-order valence-electron chi connectivity index (χ3n) is 1.79. The fraction of sp³-hybridized carbons (Fsp3) is 1.00. The van der Waals surface area contributed by atoms with Gasteiger partial charge in [-0.25, -0.2) is 0 Å². The first-order valence-electron chi connectivity index (χ1n) is 3.37. The fourth-order valence-corrected chi connectivity index (χ4v) is 1.65. The highest BCUT2D eigenvalue weighted by atomic mass is 79.9. The van der Waals surface area contributed by atoms with Crippen LogP contribution in [0.15, 0.2) is 0 Å². The number of alkyl halides is 1. The first kappa shape index (κ1) is 9.41. The Labute approximate surface area is 72.9 Å². The van der Waals surface area contributed by atoms with Crippen LogP contribution in [0.3, 0.4) is 0 Å². The molecule has 1 heterocycles. The number of hydrogen-bond acceptors (Lipinski definition) is 4. The molecule has 0 aliphatic carbocycles. The number of hydrogen-bond donors (Lipinski definition) is 3. The van der Waals surface area contributed by atoms with E-state index in [0.717, 1.165) is 0 Å². The van der Waals surface area contributed by atoms with Crippen molar-refractivity contribution in [3.8, 4) is 0 Å². The van der Waals surface area contributed by atoms with Gasteiger partial charge in [-0.3, -0.25) is 0 Å². The normalized spacial score (nSPS) is 52.6. The summed E-state index contributed by atoms with van der Waals surface area (Å²) in [5.74, 6) is 0. The molecule has 0 amide bonds. The molecule has 0 saturated carbocycles. The first-order chi connectivity index (χ1) is 5.04. The van der Waals surface area contributed by atoms with Gasteiger partial charge in [-0.05, 0) is 6.92 Å². The van der Waals surface area contributed by atoms with Crippen LogP contribution in [0.4, 0.5) is 0 Å². The van der Waals surface area contributed by atoms with Crippen LogP contribution in [-0.4, -0.2) is 44.7 Å². The predicted molar refractivity (Wildman–Crippen MR) is 41.3 cm³/mol. The van der Waals surface area contributed by atoms with E-state index in [0.29, 0.717) is 0 Å². The maximum Gasteiger partial charge on any atom is 0.141 e. The molecular formula is C6H11BrO4. The minimum atomic E-state index is -1.14. The molecule has 1 unspecified atom stereocenters. The van der Waals surface area contributed by atoms with Crippen LogP contribution >= 0.6 is 15.9 Å². The summed E-state index contributed by atoms with van der Waals surface area (Å²) in [5.41, 5.74) is 0.